The van der Waals surface area contributed by atoms with E-state index in [1.165, 1.54) is 5.69 Å². The van der Waals surface area contributed by atoms with E-state index in [4.69, 9.17) is 5.73 Å². The van der Waals surface area contributed by atoms with Crippen LogP contribution >= 0.6 is 0 Å². The number of hydrogen-bond acceptors (Lipinski definition) is 3. The van der Waals surface area contributed by atoms with Crippen LogP contribution < -0.4 is 5.73 Å². The predicted octanol–water partition coefficient (Wildman–Crippen LogP) is 2.52. The molecule has 0 aromatic carbocycles. The first-order chi connectivity index (χ1) is 9.88. The monoisotopic (exact) mass is 293 g/mol. The van der Waals surface area contributed by atoms with Crippen molar-refractivity contribution in [2.24, 2.45) is 16.6 Å². The van der Waals surface area contributed by atoms with Gasteiger partial charge >= 0.3 is 0 Å². The Morgan fingerprint density at radius 2 is 2.10 bits per heavy atom. The normalized spacial score (nSPS) is 28.8. The molecule has 1 heterocycles. The largest absolute Gasteiger partial charge is 0.392 e. The quantitative estimate of drug-likeness (QED) is 0.877. The number of nitrogens with two attached hydrogens (primary N) is 1. The maximum atomic E-state index is 10.9. The fraction of sp³-hybridized carbons (Fsp3) is 0.824. The summed E-state index contributed by atoms with van der Waals surface area (Å²) in [6.07, 6.45) is 4.64. The van der Waals surface area contributed by atoms with Crippen LogP contribution in [0.5, 0.6) is 0 Å². The van der Waals surface area contributed by atoms with E-state index >= 15 is 0 Å². The molecule has 1 aliphatic carbocycles. The van der Waals surface area contributed by atoms with Crippen LogP contribution in [0.25, 0.3) is 0 Å². The summed E-state index contributed by atoms with van der Waals surface area (Å²) in [5.41, 5.74) is 8.22. The van der Waals surface area contributed by atoms with Gasteiger partial charge in [0.2, 0.25) is 0 Å². The minimum Gasteiger partial charge on any atom is -0.392 e. The molecule has 2 rings (SSSR count). The zero-order valence-corrected chi connectivity index (χ0v) is 14.0. The Labute approximate surface area is 128 Å². The van der Waals surface area contributed by atoms with Gasteiger partial charge in [-0.05, 0) is 44.1 Å². The van der Waals surface area contributed by atoms with Crippen molar-refractivity contribution in [1.29, 1.82) is 0 Å². The molecule has 2 unspecified atom stereocenters. The zero-order chi connectivity index (χ0) is 15.7. The van der Waals surface area contributed by atoms with Crippen LogP contribution in [-0.4, -0.2) is 27.5 Å². The lowest BCUT2D eigenvalue weighted by molar-refractivity contribution is -0.0892. The first-order valence-electron chi connectivity index (χ1n) is 8.32. The first-order valence-corrected chi connectivity index (χ1v) is 8.32. The van der Waals surface area contributed by atoms with Crippen molar-refractivity contribution in [3.8, 4) is 0 Å². The van der Waals surface area contributed by atoms with Crippen molar-refractivity contribution in [2.45, 2.75) is 72.4 Å². The maximum Gasteiger partial charge on any atom is 0.0663 e. The molecule has 21 heavy (non-hydrogen) atoms. The molecule has 1 aliphatic rings. The number of nitrogens with zero attached hydrogens (tertiary/aromatic N) is 2. The van der Waals surface area contributed by atoms with E-state index in [-0.39, 0.29) is 16.9 Å². The van der Waals surface area contributed by atoms with E-state index in [0.29, 0.717) is 6.54 Å². The fourth-order valence-electron chi connectivity index (χ4n) is 3.93. The Balaban J connectivity index is 2.32. The number of rotatable bonds is 5. The van der Waals surface area contributed by atoms with E-state index in [0.717, 1.165) is 44.3 Å². The minimum absolute atomic E-state index is 0.0533. The van der Waals surface area contributed by atoms with E-state index in [9.17, 15) is 5.11 Å². The summed E-state index contributed by atoms with van der Waals surface area (Å²) in [7, 11) is 0. The highest BCUT2D eigenvalue weighted by Crippen LogP contribution is 2.47. The summed E-state index contributed by atoms with van der Waals surface area (Å²) in [5, 5.41) is 15.6. The van der Waals surface area contributed by atoms with Crippen LogP contribution in [0.2, 0.25) is 0 Å². The van der Waals surface area contributed by atoms with Crippen LogP contribution in [0.4, 0.5) is 0 Å². The number of aromatic nitrogens is 2. The van der Waals surface area contributed by atoms with Crippen molar-refractivity contribution in [2.75, 3.05) is 6.54 Å². The Kier molecular flexibility index (Phi) is 4.79. The second kappa shape index (κ2) is 6.09. The molecule has 120 valence electrons. The third kappa shape index (κ3) is 3.02. The van der Waals surface area contributed by atoms with Gasteiger partial charge in [0.15, 0.2) is 0 Å². The number of aliphatic hydroxyl groups is 1. The Morgan fingerprint density at radius 1 is 1.38 bits per heavy atom. The van der Waals surface area contributed by atoms with Crippen molar-refractivity contribution in [3.05, 3.63) is 17.5 Å². The molecular weight excluding hydrogens is 262 g/mol. The van der Waals surface area contributed by atoms with Gasteiger partial charge < -0.3 is 10.8 Å². The summed E-state index contributed by atoms with van der Waals surface area (Å²) in [5.74, 6) is 0. The molecule has 0 bridgehead atoms. The average Bonchev–Trinajstić information content (AvgIpc) is 2.86. The number of aryl methyl sites for hydroxylation is 2. The molecule has 1 fully saturated rings. The minimum atomic E-state index is -0.353. The Morgan fingerprint density at radius 3 is 2.67 bits per heavy atom. The SMILES string of the molecule is CCc1cc(CC2(CN)CCCC(C)(C)C2O)n(CC)n1. The smallest absolute Gasteiger partial charge is 0.0663 e. The fourth-order valence-corrected chi connectivity index (χ4v) is 3.93. The zero-order valence-electron chi connectivity index (χ0n) is 14.0. The van der Waals surface area contributed by atoms with E-state index < -0.39 is 0 Å². The average molecular weight is 293 g/mol. The molecule has 0 amide bonds. The molecule has 0 saturated heterocycles. The number of hydrogen-bond donors (Lipinski definition) is 2. The van der Waals surface area contributed by atoms with E-state index in [1.54, 1.807) is 0 Å². The molecule has 3 N–H and O–H groups in total. The predicted molar refractivity (Wildman–Crippen MR) is 86.1 cm³/mol. The second-order valence-electron chi connectivity index (χ2n) is 7.28. The topological polar surface area (TPSA) is 64.1 Å². The van der Waals surface area contributed by atoms with Crippen LogP contribution in [0.1, 0.15) is 58.3 Å². The Bertz CT molecular complexity index is 480. The van der Waals surface area contributed by atoms with Crippen molar-refractivity contribution >= 4 is 0 Å². The van der Waals surface area contributed by atoms with Crippen molar-refractivity contribution < 1.29 is 5.11 Å². The van der Waals surface area contributed by atoms with Gasteiger partial charge in [-0.2, -0.15) is 5.10 Å². The van der Waals surface area contributed by atoms with Gasteiger partial charge in [-0.1, -0.05) is 27.2 Å². The van der Waals surface area contributed by atoms with Gasteiger partial charge in [0.25, 0.3) is 0 Å². The summed E-state index contributed by atoms with van der Waals surface area (Å²) in [4.78, 5) is 0. The van der Waals surface area contributed by atoms with E-state index in [2.05, 4.69) is 43.5 Å². The van der Waals surface area contributed by atoms with Gasteiger partial charge in [-0.25, -0.2) is 0 Å². The van der Waals surface area contributed by atoms with Crippen molar-refractivity contribution in [3.63, 3.8) is 0 Å². The third-order valence-electron chi connectivity index (χ3n) is 5.33. The van der Waals surface area contributed by atoms with Gasteiger partial charge in [0, 0.05) is 24.2 Å². The first kappa shape index (κ1) is 16.5. The molecule has 0 radical (unpaired) electrons. The third-order valence-corrected chi connectivity index (χ3v) is 5.33. The molecular formula is C17H31N3O. The molecule has 1 aromatic heterocycles. The van der Waals surface area contributed by atoms with Gasteiger partial charge in [-0.15, -0.1) is 0 Å². The summed E-state index contributed by atoms with van der Waals surface area (Å²) >= 11 is 0. The van der Waals surface area contributed by atoms with Crippen molar-refractivity contribution in [1.82, 2.24) is 9.78 Å². The van der Waals surface area contributed by atoms with Crippen LogP contribution in [0.15, 0.2) is 6.07 Å². The highest BCUT2D eigenvalue weighted by molar-refractivity contribution is 5.15. The highest BCUT2D eigenvalue weighted by atomic mass is 16.3. The Hall–Kier alpha value is -0.870. The summed E-state index contributed by atoms with van der Waals surface area (Å²) in [6, 6.07) is 2.19. The molecule has 1 saturated carbocycles. The lowest BCUT2D eigenvalue weighted by atomic mass is 9.59. The second-order valence-corrected chi connectivity index (χ2v) is 7.28. The van der Waals surface area contributed by atoms with E-state index in [1.807, 2.05) is 0 Å². The molecule has 4 nitrogen and oxygen atoms in total. The molecule has 4 heteroatoms. The number of aliphatic hydroxyl groups excluding tert-OH is 1. The van der Waals surface area contributed by atoms with Crippen LogP contribution in [0.3, 0.4) is 0 Å². The lowest BCUT2D eigenvalue weighted by Gasteiger charge is -2.49. The molecule has 2 atom stereocenters. The van der Waals surface area contributed by atoms with Gasteiger partial charge in [0.05, 0.1) is 11.8 Å². The van der Waals surface area contributed by atoms with Gasteiger partial charge in [0.1, 0.15) is 0 Å². The summed E-state index contributed by atoms with van der Waals surface area (Å²) in [6.45, 7) is 9.98. The standard InChI is InChI=1S/C17H31N3O/c1-5-13-10-14(20(6-2)19-13)11-17(12-18)9-7-8-16(3,4)15(17)21/h10,15,21H,5-9,11-12,18H2,1-4H3. The summed E-state index contributed by atoms with van der Waals surface area (Å²) < 4.78 is 2.07. The lowest BCUT2D eigenvalue weighted by Crippen LogP contribution is -2.53. The molecule has 1 aromatic rings. The maximum absolute atomic E-state index is 10.9. The van der Waals surface area contributed by atoms with Gasteiger partial charge in [-0.3, -0.25) is 4.68 Å². The molecule has 0 aliphatic heterocycles. The molecule has 0 spiro atoms. The highest BCUT2D eigenvalue weighted by Gasteiger charge is 2.48. The van der Waals surface area contributed by atoms with Crippen LogP contribution in [-0.2, 0) is 19.4 Å². The van der Waals surface area contributed by atoms with Crippen LogP contribution in [0, 0.1) is 10.8 Å².